The molecule has 0 radical (unpaired) electrons. The van der Waals surface area contributed by atoms with Crippen molar-refractivity contribution >= 4 is 0 Å². The number of hydrogen-bond acceptors (Lipinski definition) is 6. The minimum atomic E-state index is -4.67. The molecule has 2 aromatic heterocycles. The van der Waals surface area contributed by atoms with E-state index in [9.17, 15) is 13.2 Å². The average Bonchev–Trinajstić information content (AvgIpc) is 3.20. The lowest BCUT2D eigenvalue weighted by Crippen LogP contribution is -2.32. The Bertz CT molecular complexity index is 921. The number of piperidine rings is 1. The fourth-order valence-corrected chi connectivity index (χ4v) is 3.41. The third kappa shape index (κ3) is 5.11. The zero-order valence-electron chi connectivity index (χ0n) is 15.5. The fourth-order valence-electron chi connectivity index (χ4n) is 3.41. The van der Waals surface area contributed by atoms with E-state index in [0.717, 1.165) is 37.1 Å². The summed E-state index contributed by atoms with van der Waals surface area (Å²) >= 11 is 0. The van der Waals surface area contributed by atoms with Crippen LogP contribution in [0.3, 0.4) is 0 Å². The molecule has 0 amide bonds. The third-order valence-electron chi connectivity index (χ3n) is 4.86. The Kier molecular flexibility index (Phi) is 5.48. The van der Waals surface area contributed by atoms with E-state index < -0.39 is 6.36 Å². The van der Waals surface area contributed by atoms with Gasteiger partial charge in [-0.3, -0.25) is 9.88 Å². The number of aromatic nitrogens is 3. The maximum Gasteiger partial charge on any atom is 0.573 e. The second kappa shape index (κ2) is 8.20. The van der Waals surface area contributed by atoms with Gasteiger partial charge in [-0.1, -0.05) is 17.3 Å². The molecule has 3 heterocycles. The highest BCUT2D eigenvalue weighted by Crippen LogP contribution is 2.29. The van der Waals surface area contributed by atoms with Crippen molar-refractivity contribution in [1.29, 1.82) is 0 Å². The van der Waals surface area contributed by atoms with Gasteiger partial charge in [-0.15, -0.1) is 13.2 Å². The van der Waals surface area contributed by atoms with Gasteiger partial charge in [0.15, 0.2) is 0 Å². The van der Waals surface area contributed by atoms with E-state index in [1.807, 2.05) is 12.1 Å². The molecule has 1 aliphatic heterocycles. The van der Waals surface area contributed by atoms with Crippen LogP contribution in [0.25, 0.3) is 11.4 Å². The van der Waals surface area contributed by atoms with Crippen molar-refractivity contribution in [2.45, 2.75) is 31.7 Å². The molecule has 0 N–H and O–H groups in total. The first-order valence-corrected chi connectivity index (χ1v) is 9.27. The van der Waals surface area contributed by atoms with Crippen molar-refractivity contribution in [3.8, 4) is 17.1 Å². The molecule has 1 fully saturated rings. The normalized spacial score (nSPS) is 16.1. The molecule has 4 rings (SSSR count). The van der Waals surface area contributed by atoms with Crippen molar-refractivity contribution in [2.75, 3.05) is 13.1 Å². The molecular weight excluding hydrogens is 385 g/mol. The molecule has 1 saturated heterocycles. The first-order valence-electron chi connectivity index (χ1n) is 9.27. The van der Waals surface area contributed by atoms with Crippen LogP contribution in [0, 0.1) is 0 Å². The Balaban J connectivity index is 1.30. The van der Waals surface area contributed by atoms with Crippen molar-refractivity contribution in [1.82, 2.24) is 20.0 Å². The standard InChI is InChI=1S/C20H19F3N4O2/c21-20(22,23)28-17-5-3-14(4-6-17)13-27-10-7-15(8-11-27)19-25-18(26-29-19)16-2-1-9-24-12-16/h1-6,9,12,15H,7-8,10-11,13H2. The summed E-state index contributed by atoms with van der Waals surface area (Å²) in [4.78, 5) is 10.8. The lowest BCUT2D eigenvalue weighted by Gasteiger charge is -2.30. The second-order valence-corrected chi connectivity index (χ2v) is 6.94. The predicted molar refractivity (Wildman–Crippen MR) is 97.9 cm³/mol. The Morgan fingerprint density at radius 1 is 1.10 bits per heavy atom. The smallest absolute Gasteiger partial charge is 0.406 e. The largest absolute Gasteiger partial charge is 0.573 e. The van der Waals surface area contributed by atoms with Crippen molar-refractivity contribution < 1.29 is 22.4 Å². The summed E-state index contributed by atoms with van der Waals surface area (Å²) < 4.78 is 46.1. The number of likely N-dealkylation sites (tertiary alicyclic amines) is 1. The lowest BCUT2D eigenvalue weighted by molar-refractivity contribution is -0.274. The molecule has 0 bridgehead atoms. The summed E-state index contributed by atoms with van der Waals surface area (Å²) in [5, 5.41) is 4.05. The van der Waals surface area contributed by atoms with Gasteiger partial charge < -0.3 is 9.26 Å². The highest BCUT2D eigenvalue weighted by Gasteiger charge is 2.31. The van der Waals surface area contributed by atoms with Crippen LogP contribution in [0.4, 0.5) is 13.2 Å². The van der Waals surface area contributed by atoms with Gasteiger partial charge in [0.25, 0.3) is 0 Å². The summed E-state index contributed by atoms with van der Waals surface area (Å²) in [5.41, 5.74) is 1.76. The number of alkyl halides is 3. The van der Waals surface area contributed by atoms with Crippen molar-refractivity contribution in [3.05, 3.63) is 60.2 Å². The molecule has 0 aliphatic carbocycles. The summed E-state index contributed by atoms with van der Waals surface area (Å²) in [7, 11) is 0. The van der Waals surface area contributed by atoms with E-state index in [2.05, 4.69) is 24.8 Å². The van der Waals surface area contributed by atoms with E-state index in [1.54, 1.807) is 24.5 Å². The molecular formula is C20H19F3N4O2. The first kappa shape index (κ1) is 19.4. The summed E-state index contributed by atoms with van der Waals surface area (Å²) in [5.74, 6) is 1.17. The fraction of sp³-hybridized carbons (Fsp3) is 0.350. The van der Waals surface area contributed by atoms with Gasteiger partial charge in [0.2, 0.25) is 11.7 Å². The van der Waals surface area contributed by atoms with E-state index >= 15 is 0 Å². The molecule has 3 aromatic rings. The van der Waals surface area contributed by atoms with Crippen molar-refractivity contribution in [3.63, 3.8) is 0 Å². The van der Waals surface area contributed by atoms with Gasteiger partial charge in [0, 0.05) is 30.4 Å². The molecule has 0 unspecified atom stereocenters. The summed E-state index contributed by atoms with van der Waals surface area (Å²) in [6, 6.07) is 9.71. The highest BCUT2D eigenvalue weighted by molar-refractivity contribution is 5.51. The van der Waals surface area contributed by atoms with Crippen LogP contribution in [-0.4, -0.2) is 39.5 Å². The Labute approximate surface area is 165 Å². The van der Waals surface area contributed by atoms with Gasteiger partial charge in [-0.25, -0.2) is 0 Å². The van der Waals surface area contributed by atoms with Gasteiger partial charge in [-0.05, 0) is 55.8 Å². The Morgan fingerprint density at radius 3 is 2.52 bits per heavy atom. The zero-order valence-corrected chi connectivity index (χ0v) is 15.5. The van der Waals surface area contributed by atoms with Crippen LogP contribution in [-0.2, 0) is 6.54 Å². The molecule has 1 aliphatic rings. The maximum absolute atomic E-state index is 12.2. The van der Waals surface area contributed by atoms with Crippen LogP contribution < -0.4 is 4.74 Å². The van der Waals surface area contributed by atoms with Crippen LogP contribution in [0.15, 0.2) is 53.3 Å². The SMILES string of the molecule is FC(F)(F)Oc1ccc(CN2CCC(c3nc(-c4cccnc4)no3)CC2)cc1. The third-order valence-corrected chi connectivity index (χ3v) is 4.86. The van der Waals surface area contributed by atoms with Crippen LogP contribution in [0.1, 0.15) is 30.2 Å². The van der Waals surface area contributed by atoms with Gasteiger partial charge >= 0.3 is 6.36 Å². The number of nitrogens with zero attached hydrogens (tertiary/aromatic N) is 4. The second-order valence-electron chi connectivity index (χ2n) is 6.94. The molecule has 6 nitrogen and oxygen atoms in total. The zero-order chi connectivity index (χ0) is 20.3. The predicted octanol–water partition coefficient (Wildman–Crippen LogP) is 4.41. The van der Waals surface area contributed by atoms with Gasteiger partial charge in [0.1, 0.15) is 5.75 Å². The molecule has 1 aromatic carbocycles. The minimum Gasteiger partial charge on any atom is -0.406 e. The van der Waals surface area contributed by atoms with Crippen molar-refractivity contribution in [2.24, 2.45) is 0 Å². The van der Waals surface area contributed by atoms with Crippen LogP contribution >= 0.6 is 0 Å². The highest BCUT2D eigenvalue weighted by atomic mass is 19.4. The minimum absolute atomic E-state index is 0.201. The Morgan fingerprint density at radius 2 is 1.86 bits per heavy atom. The number of pyridine rings is 1. The topological polar surface area (TPSA) is 64.3 Å². The summed E-state index contributed by atoms with van der Waals surface area (Å²) in [6.45, 7) is 2.36. The Hall–Kier alpha value is -2.94. The number of halogens is 3. The molecule has 0 saturated carbocycles. The van der Waals surface area contributed by atoms with Gasteiger partial charge in [-0.2, -0.15) is 4.98 Å². The quantitative estimate of drug-likeness (QED) is 0.628. The molecule has 0 atom stereocenters. The summed E-state index contributed by atoms with van der Waals surface area (Å²) in [6.07, 6.45) is 0.474. The average molecular weight is 404 g/mol. The maximum atomic E-state index is 12.2. The van der Waals surface area contributed by atoms with Crippen LogP contribution in [0.2, 0.25) is 0 Å². The monoisotopic (exact) mass is 404 g/mol. The number of ether oxygens (including phenoxy) is 1. The van der Waals surface area contributed by atoms with Crippen LogP contribution in [0.5, 0.6) is 5.75 Å². The molecule has 0 spiro atoms. The van der Waals surface area contributed by atoms with E-state index in [-0.39, 0.29) is 11.7 Å². The number of hydrogen-bond donors (Lipinski definition) is 0. The van der Waals surface area contributed by atoms with Gasteiger partial charge in [0.05, 0.1) is 0 Å². The number of benzene rings is 1. The number of rotatable bonds is 5. The van der Waals surface area contributed by atoms with E-state index in [0.29, 0.717) is 18.3 Å². The van der Waals surface area contributed by atoms with E-state index in [1.165, 1.54) is 12.1 Å². The lowest BCUT2D eigenvalue weighted by atomic mass is 9.96. The molecule has 9 heteroatoms. The molecule has 29 heavy (non-hydrogen) atoms. The van der Waals surface area contributed by atoms with E-state index in [4.69, 9.17) is 4.52 Å². The first-order chi connectivity index (χ1) is 14.0. The molecule has 152 valence electrons.